The largest absolute Gasteiger partial charge is 0.473 e. The number of halogens is 1. The minimum atomic E-state index is -1.45. The summed E-state index contributed by atoms with van der Waals surface area (Å²) >= 11 is 0. The Balaban J connectivity index is 1.34. The van der Waals surface area contributed by atoms with E-state index >= 15 is 4.39 Å². The highest BCUT2D eigenvalue weighted by Crippen LogP contribution is 2.59. The Kier molecular flexibility index (Phi) is 6.89. The third kappa shape index (κ3) is 4.40. The summed E-state index contributed by atoms with van der Waals surface area (Å²) < 4.78 is 26.2. The lowest BCUT2D eigenvalue weighted by atomic mass is 9.77. The maximum atomic E-state index is 15.2. The van der Waals surface area contributed by atoms with Crippen molar-refractivity contribution in [3.05, 3.63) is 24.3 Å². The van der Waals surface area contributed by atoms with Crippen LogP contribution in [0.1, 0.15) is 40.0 Å². The van der Waals surface area contributed by atoms with Gasteiger partial charge >= 0.3 is 6.09 Å². The van der Waals surface area contributed by atoms with Gasteiger partial charge in [-0.15, -0.1) is 0 Å². The topological polar surface area (TPSA) is 144 Å². The molecule has 5 aliphatic rings. The van der Waals surface area contributed by atoms with Crippen LogP contribution >= 0.6 is 0 Å². The number of methoxy groups -OCH3 is 1. The number of aliphatic hydroxyl groups excluding tert-OH is 1. The molecule has 2 saturated carbocycles. The lowest BCUT2D eigenvalue weighted by molar-refractivity contribution is -0.146. The number of rotatable bonds is 4. The highest BCUT2D eigenvalue weighted by atomic mass is 19.1. The summed E-state index contributed by atoms with van der Waals surface area (Å²) in [5.74, 6) is -1.05. The molecule has 226 valence electrons. The molecule has 12 heteroatoms. The number of carbonyl (C=O) groups is 3. The summed E-state index contributed by atoms with van der Waals surface area (Å²) in [5, 5.41) is 27.5. The quantitative estimate of drug-likeness (QED) is 0.490. The summed E-state index contributed by atoms with van der Waals surface area (Å²) in [6.45, 7) is 5.78. The molecule has 3 aliphatic heterocycles. The van der Waals surface area contributed by atoms with Crippen molar-refractivity contribution in [1.29, 1.82) is 5.26 Å². The monoisotopic (exact) mass is 583 g/mol. The molecule has 1 aromatic carbocycles. The first-order valence-corrected chi connectivity index (χ1v) is 14.6. The lowest BCUT2D eigenvalue weighted by Crippen LogP contribution is -2.62. The Morgan fingerprint density at radius 1 is 1.29 bits per heavy atom. The molecule has 2 saturated heterocycles. The maximum absolute atomic E-state index is 15.2. The summed E-state index contributed by atoms with van der Waals surface area (Å²) in [6, 6.07) is 6.44. The molecule has 6 rings (SSSR count). The van der Waals surface area contributed by atoms with Crippen molar-refractivity contribution in [3.8, 4) is 11.8 Å². The van der Waals surface area contributed by atoms with Crippen LogP contribution in [0.5, 0.6) is 5.75 Å². The predicted molar refractivity (Wildman–Crippen MR) is 148 cm³/mol. The Hall–Kier alpha value is -3.43. The lowest BCUT2D eigenvalue weighted by Gasteiger charge is -2.42. The molecule has 1 spiro atoms. The highest BCUT2D eigenvalue weighted by molar-refractivity contribution is 6.02. The number of amides is 3. The minimum Gasteiger partial charge on any atom is -0.473 e. The number of alkyl halides is 1. The number of para-hydroxylation sites is 2. The van der Waals surface area contributed by atoms with Gasteiger partial charge in [0.1, 0.15) is 24.2 Å². The van der Waals surface area contributed by atoms with E-state index in [4.69, 9.17) is 9.47 Å². The van der Waals surface area contributed by atoms with Crippen LogP contribution in [0.4, 0.5) is 14.9 Å². The Bertz CT molecular complexity index is 1330. The molecule has 42 heavy (non-hydrogen) atoms. The van der Waals surface area contributed by atoms with E-state index in [9.17, 15) is 24.8 Å². The van der Waals surface area contributed by atoms with E-state index in [0.29, 0.717) is 30.8 Å². The number of nitrogens with zero attached hydrogens (tertiary/aromatic N) is 3. The van der Waals surface area contributed by atoms with Gasteiger partial charge < -0.3 is 30.1 Å². The first-order valence-electron chi connectivity index (χ1n) is 14.6. The molecule has 3 N–H and O–H groups in total. The number of nitrogens with one attached hydrogen (secondary N) is 2. The molecule has 0 aromatic heterocycles. The van der Waals surface area contributed by atoms with E-state index in [-0.39, 0.29) is 36.6 Å². The highest BCUT2D eigenvalue weighted by Gasteiger charge is 2.65. The molecule has 1 aromatic rings. The Morgan fingerprint density at radius 3 is 2.71 bits per heavy atom. The fraction of sp³-hybridized carbons (Fsp3) is 0.667. The van der Waals surface area contributed by atoms with Gasteiger partial charge in [0, 0.05) is 13.0 Å². The second-order valence-electron chi connectivity index (χ2n) is 13.5. The second kappa shape index (κ2) is 10.1. The number of benzene rings is 1. The van der Waals surface area contributed by atoms with Gasteiger partial charge in [0.25, 0.3) is 5.91 Å². The first-order chi connectivity index (χ1) is 19.9. The SMILES string of the molecule is COC(=O)NC(C(O)N1CC2C3CC(F)C(C3)C2C1C(=O)N1CC2(CC1C#N)Oc1ccccc1NC2=O)C(C)(C)C. The van der Waals surface area contributed by atoms with Gasteiger partial charge in [0.15, 0.2) is 0 Å². The molecule has 10 atom stereocenters. The van der Waals surface area contributed by atoms with Gasteiger partial charge in [-0.05, 0) is 54.1 Å². The Labute approximate surface area is 244 Å². The predicted octanol–water partition coefficient (Wildman–Crippen LogP) is 2.26. The van der Waals surface area contributed by atoms with Gasteiger partial charge in [-0.1, -0.05) is 32.9 Å². The fourth-order valence-corrected chi connectivity index (χ4v) is 8.23. The average molecular weight is 584 g/mol. The molecule has 2 bridgehead atoms. The number of alkyl carbamates (subject to hydrolysis) is 1. The van der Waals surface area contributed by atoms with Crippen molar-refractivity contribution < 1.29 is 33.4 Å². The van der Waals surface area contributed by atoms with E-state index in [1.54, 1.807) is 29.2 Å². The smallest absolute Gasteiger partial charge is 0.407 e. The van der Waals surface area contributed by atoms with Crippen LogP contribution in [0.2, 0.25) is 0 Å². The molecule has 4 fully saturated rings. The van der Waals surface area contributed by atoms with Crippen molar-refractivity contribution in [2.75, 3.05) is 25.5 Å². The summed E-state index contributed by atoms with van der Waals surface area (Å²) in [4.78, 5) is 43.2. The minimum absolute atomic E-state index is 0.0115. The van der Waals surface area contributed by atoms with Crippen LogP contribution in [0.25, 0.3) is 0 Å². The molecule has 3 amide bonds. The van der Waals surface area contributed by atoms with Gasteiger partial charge in [-0.2, -0.15) is 5.26 Å². The van der Waals surface area contributed by atoms with Crippen LogP contribution in [-0.2, 0) is 14.3 Å². The number of carbonyl (C=O) groups excluding carboxylic acids is 3. The van der Waals surface area contributed by atoms with Crippen molar-refractivity contribution in [1.82, 2.24) is 15.1 Å². The van der Waals surface area contributed by atoms with Crippen molar-refractivity contribution in [2.24, 2.45) is 29.1 Å². The van der Waals surface area contributed by atoms with Gasteiger partial charge in [-0.25, -0.2) is 9.18 Å². The first kappa shape index (κ1) is 28.7. The van der Waals surface area contributed by atoms with Crippen LogP contribution in [0, 0.1) is 40.4 Å². The third-order valence-electron chi connectivity index (χ3n) is 10.2. The van der Waals surface area contributed by atoms with E-state index in [1.165, 1.54) is 12.0 Å². The normalized spacial score (nSPS) is 36.5. The molecule has 3 heterocycles. The molecular formula is C30H38FN5O6. The number of aliphatic hydroxyl groups is 1. The molecular weight excluding hydrogens is 545 g/mol. The molecule has 10 unspecified atom stereocenters. The number of nitriles is 1. The summed E-state index contributed by atoms with van der Waals surface area (Å²) in [5.41, 5.74) is -1.57. The Morgan fingerprint density at radius 2 is 2.02 bits per heavy atom. The van der Waals surface area contributed by atoms with E-state index in [1.807, 2.05) is 20.8 Å². The standard InChI is InChI=1S/C30H38FN5O6/c1-29(2,3)24(34-28(40)41-4)26(38)35-13-18-15-9-17(19(31)10-15)22(18)23(35)25(37)36-14-30(11-16(36)12-32)27(39)33-20-7-5-6-8-21(20)42-30/h5-8,15-19,22-24,26,38H,9-11,13-14H2,1-4H3,(H,33,39)(H,34,40). The number of hydrogen-bond donors (Lipinski definition) is 3. The average Bonchev–Trinajstić information content (AvgIpc) is 3.70. The van der Waals surface area contributed by atoms with E-state index in [0.717, 1.165) is 0 Å². The molecule has 0 radical (unpaired) electrons. The number of anilines is 1. The van der Waals surface area contributed by atoms with Crippen molar-refractivity contribution in [3.63, 3.8) is 0 Å². The molecule has 11 nitrogen and oxygen atoms in total. The van der Waals surface area contributed by atoms with Crippen molar-refractivity contribution in [2.45, 2.75) is 76.2 Å². The number of fused-ring (bicyclic) bond motifs is 6. The van der Waals surface area contributed by atoms with Crippen molar-refractivity contribution >= 4 is 23.6 Å². The second-order valence-corrected chi connectivity index (χ2v) is 13.5. The van der Waals surface area contributed by atoms with Crippen LogP contribution in [0.3, 0.4) is 0 Å². The zero-order valence-electron chi connectivity index (χ0n) is 24.2. The van der Waals surface area contributed by atoms with Crippen LogP contribution in [0.15, 0.2) is 24.3 Å². The van der Waals surface area contributed by atoms with E-state index in [2.05, 4.69) is 16.7 Å². The molecule has 2 aliphatic carbocycles. The van der Waals surface area contributed by atoms with Gasteiger partial charge in [0.05, 0.1) is 37.5 Å². The van der Waals surface area contributed by atoms with Crippen LogP contribution in [-0.4, -0.2) is 89.1 Å². The van der Waals surface area contributed by atoms with Gasteiger partial charge in [-0.3, -0.25) is 14.5 Å². The summed E-state index contributed by atoms with van der Waals surface area (Å²) in [6.07, 6.45) is -1.96. The third-order valence-corrected chi connectivity index (χ3v) is 10.2. The number of likely N-dealkylation sites (tertiary alicyclic amines) is 2. The zero-order chi connectivity index (χ0) is 30.1. The number of hydrogen-bond acceptors (Lipinski definition) is 8. The zero-order valence-corrected chi connectivity index (χ0v) is 24.2. The summed E-state index contributed by atoms with van der Waals surface area (Å²) in [7, 11) is 1.24. The fourth-order valence-electron chi connectivity index (χ4n) is 8.23. The maximum Gasteiger partial charge on any atom is 0.407 e. The van der Waals surface area contributed by atoms with Gasteiger partial charge in [0.2, 0.25) is 11.5 Å². The van der Waals surface area contributed by atoms with E-state index < -0.39 is 59.4 Å². The van der Waals surface area contributed by atoms with Crippen LogP contribution < -0.4 is 15.4 Å². The number of ether oxygens (including phenoxy) is 2.